The number of carbonyl (C=O) groups excluding carboxylic acids is 1. The number of hydrogen-bond acceptors (Lipinski definition) is 4. The minimum absolute atomic E-state index is 0.0547. The van der Waals surface area contributed by atoms with Crippen LogP contribution in [-0.4, -0.2) is 16.0 Å². The molecule has 2 heterocycles. The van der Waals surface area contributed by atoms with E-state index in [2.05, 4.69) is 10.3 Å². The standard InChI is InChI=1S/C11H10N2O2S/c14-9-4-1-5-12-10(9)11(15)13-7-8-3-2-6-16-8/h1-6,14H,7H2,(H,13,15). The first-order chi connectivity index (χ1) is 7.77. The third-order valence-corrected chi connectivity index (χ3v) is 2.88. The molecule has 0 spiro atoms. The second-order valence-corrected chi connectivity index (χ2v) is 4.17. The summed E-state index contributed by atoms with van der Waals surface area (Å²) in [7, 11) is 0. The Bertz CT molecular complexity index is 482. The van der Waals surface area contributed by atoms with Gasteiger partial charge in [-0.1, -0.05) is 6.07 Å². The number of thiophene rings is 1. The van der Waals surface area contributed by atoms with Crippen LogP contribution in [0.2, 0.25) is 0 Å². The van der Waals surface area contributed by atoms with Crippen molar-refractivity contribution in [2.45, 2.75) is 6.54 Å². The van der Waals surface area contributed by atoms with E-state index in [1.54, 1.807) is 17.4 Å². The molecule has 2 rings (SSSR count). The summed E-state index contributed by atoms with van der Waals surface area (Å²) < 4.78 is 0. The Morgan fingerprint density at radius 2 is 2.31 bits per heavy atom. The lowest BCUT2D eigenvalue weighted by Gasteiger charge is -2.04. The Hall–Kier alpha value is -1.88. The molecule has 0 saturated heterocycles. The average molecular weight is 234 g/mol. The van der Waals surface area contributed by atoms with Crippen LogP contribution in [0.4, 0.5) is 0 Å². The Balaban J connectivity index is 2.01. The van der Waals surface area contributed by atoms with Crippen molar-refractivity contribution in [3.05, 3.63) is 46.4 Å². The van der Waals surface area contributed by atoms with Crippen molar-refractivity contribution in [2.24, 2.45) is 0 Å². The summed E-state index contributed by atoms with van der Waals surface area (Å²) in [6.45, 7) is 0.451. The molecule has 0 fully saturated rings. The van der Waals surface area contributed by atoms with E-state index in [9.17, 15) is 9.90 Å². The van der Waals surface area contributed by atoms with E-state index in [0.29, 0.717) is 6.54 Å². The number of aromatic hydroxyl groups is 1. The molecule has 0 unspecified atom stereocenters. The summed E-state index contributed by atoms with van der Waals surface area (Å²) in [4.78, 5) is 16.5. The number of aromatic nitrogens is 1. The number of carbonyl (C=O) groups is 1. The van der Waals surface area contributed by atoms with E-state index >= 15 is 0 Å². The Labute approximate surface area is 96.6 Å². The molecule has 0 aliphatic rings. The van der Waals surface area contributed by atoms with Gasteiger partial charge in [-0.05, 0) is 23.6 Å². The zero-order chi connectivity index (χ0) is 11.4. The van der Waals surface area contributed by atoms with Crippen molar-refractivity contribution in [3.63, 3.8) is 0 Å². The molecular weight excluding hydrogens is 224 g/mol. The van der Waals surface area contributed by atoms with Gasteiger partial charge in [0.25, 0.3) is 5.91 Å². The monoisotopic (exact) mass is 234 g/mol. The van der Waals surface area contributed by atoms with Gasteiger partial charge in [0.15, 0.2) is 5.69 Å². The molecule has 0 aliphatic carbocycles. The van der Waals surface area contributed by atoms with Crippen molar-refractivity contribution < 1.29 is 9.90 Å². The smallest absolute Gasteiger partial charge is 0.274 e. The maximum absolute atomic E-state index is 11.6. The third-order valence-electron chi connectivity index (χ3n) is 2.00. The first kappa shape index (κ1) is 10.6. The van der Waals surface area contributed by atoms with Crippen LogP contribution in [0.1, 0.15) is 15.4 Å². The number of amides is 1. The van der Waals surface area contributed by atoms with E-state index in [-0.39, 0.29) is 17.4 Å². The molecule has 0 radical (unpaired) electrons. The van der Waals surface area contributed by atoms with E-state index in [1.807, 2.05) is 17.5 Å². The zero-order valence-corrected chi connectivity index (χ0v) is 9.20. The lowest BCUT2D eigenvalue weighted by atomic mass is 10.3. The van der Waals surface area contributed by atoms with Gasteiger partial charge < -0.3 is 10.4 Å². The molecule has 0 saturated carbocycles. The van der Waals surface area contributed by atoms with E-state index in [4.69, 9.17) is 0 Å². The lowest BCUT2D eigenvalue weighted by Crippen LogP contribution is -2.23. The molecule has 16 heavy (non-hydrogen) atoms. The molecule has 82 valence electrons. The van der Waals surface area contributed by atoms with Crippen LogP contribution < -0.4 is 5.32 Å². The molecule has 2 aromatic rings. The Morgan fingerprint density at radius 1 is 1.44 bits per heavy atom. The maximum Gasteiger partial charge on any atom is 0.274 e. The highest BCUT2D eigenvalue weighted by Crippen LogP contribution is 2.13. The Kier molecular flexibility index (Phi) is 3.16. The van der Waals surface area contributed by atoms with Crippen LogP contribution in [0, 0.1) is 0 Å². The first-order valence-electron chi connectivity index (χ1n) is 4.72. The zero-order valence-electron chi connectivity index (χ0n) is 8.38. The first-order valence-corrected chi connectivity index (χ1v) is 5.60. The van der Waals surface area contributed by atoms with Gasteiger partial charge in [-0.3, -0.25) is 4.79 Å². The fourth-order valence-electron chi connectivity index (χ4n) is 1.24. The third kappa shape index (κ3) is 2.38. The topological polar surface area (TPSA) is 62.2 Å². The number of rotatable bonds is 3. The highest BCUT2D eigenvalue weighted by molar-refractivity contribution is 7.09. The largest absolute Gasteiger partial charge is 0.505 e. The van der Waals surface area contributed by atoms with Crippen molar-refractivity contribution in [2.75, 3.05) is 0 Å². The summed E-state index contributed by atoms with van der Waals surface area (Å²) in [6.07, 6.45) is 1.47. The minimum atomic E-state index is -0.369. The molecular formula is C11H10N2O2S. The van der Waals surface area contributed by atoms with Gasteiger partial charge in [0, 0.05) is 11.1 Å². The van der Waals surface area contributed by atoms with Crippen LogP contribution in [0.3, 0.4) is 0 Å². The van der Waals surface area contributed by atoms with Crippen LogP contribution in [0.15, 0.2) is 35.8 Å². The molecule has 0 atom stereocenters. The fourth-order valence-corrected chi connectivity index (χ4v) is 1.88. The summed E-state index contributed by atoms with van der Waals surface area (Å²) in [5.41, 5.74) is 0.0547. The molecule has 2 N–H and O–H groups in total. The van der Waals surface area contributed by atoms with Gasteiger partial charge in [-0.2, -0.15) is 0 Å². The predicted molar refractivity (Wildman–Crippen MR) is 61.4 cm³/mol. The van der Waals surface area contributed by atoms with Crippen molar-refractivity contribution in [3.8, 4) is 5.75 Å². The summed E-state index contributed by atoms with van der Waals surface area (Å²) >= 11 is 1.57. The van der Waals surface area contributed by atoms with Crippen LogP contribution in [0.25, 0.3) is 0 Å². The number of hydrogen-bond donors (Lipinski definition) is 2. The van der Waals surface area contributed by atoms with E-state index in [1.165, 1.54) is 12.3 Å². The van der Waals surface area contributed by atoms with E-state index in [0.717, 1.165) is 4.88 Å². The molecule has 5 heteroatoms. The number of nitrogens with one attached hydrogen (secondary N) is 1. The molecule has 4 nitrogen and oxygen atoms in total. The second kappa shape index (κ2) is 4.76. The summed E-state index contributed by atoms with van der Waals surface area (Å²) in [6, 6.07) is 6.87. The van der Waals surface area contributed by atoms with Gasteiger partial charge in [0.05, 0.1) is 6.54 Å². The molecule has 0 aliphatic heterocycles. The van der Waals surface area contributed by atoms with Crippen molar-refractivity contribution in [1.82, 2.24) is 10.3 Å². The summed E-state index contributed by atoms with van der Waals surface area (Å²) in [5, 5.41) is 14.1. The van der Waals surface area contributed by atoms with Crippen molar-refractivity contribution in [1.29, 1.82) is 0 Å². The van der Waals surface area contributed by atoms with Gasteiger partial charge in [-0.15, -0.1) is 11.3 Å². The molecule has 2 aromatic heterocycles. The molecule has 0 aromatic carbocycles. The highest BCUT2D eigenvalue weighted by atomic mass is 32.1. The summed E-state index contributed by atoms with van der Waals surface area (Å²) in [5.74, 6) is -0.474. The molecule has 1 amide bonds. The van der Waals surface area contributed by atoms with Crippen LogP contribution in [-0.2, 0) is 6.54 Å². The molecule has 0 bridgehead atoms. The van der Waals surface area contributed by atoms with E-state index < -0.39 is 0 Å². The van der Waals surface area contributed by atoms with Gasteiger partial charge in [-0.25, -0.2) is 4.98 Å². The predicted octanol–water partition coefficient (Wildman–Crippen LogP) is 1.78. The van der Waals surface area contributed by atoms with Gasteiger partial charge in [0.1, 0.15) is 5.75 Å². The SMILES string of the molecule is O=C(NCc1cccs1)c1ncccc1O. The fraction of sp³-hybridized carbons (Fsp3) is 0.0909. The normalized spacial score (nSPS) is 10.0. The number of nitrogens with zero attached hydrogens (tertiary/aromatic N) is 1. The number of pyridine rings is 1. The second-order valence-electron chi connectivity index (χ2n) is 3.13. The average Bonchev–Trinajstić information content (AvgIpc) is 2.79. The Morgan fingerprint density at radius 3 is 3.00 bits per heavy atom. The lowest BCUT2D eigenvalue weighted by molar-refractivity contribution is 0.0943. The van der Waals surface area contributed by atoms with Crippen LogP contribution in [0.5, 0.6) is 5.75 Å². The quantitative estimate of drug-likeness (QED) is 0.851. The maximum atomic E-state index is 11.6. The van der Waals surface area contributed by atoms with Gasteiger partial charge in [0.2, 0.25) is 0 Å². The minimum Gasteiger partial charge on any atom is -0.505 e. The highest BCUT2D eigenvalue weighted by Gasteiger charge is 2.11. The van der Waals surface area contributed by atoms with Crippen molar-refractivity contribution >= 4 is 17.2 Å². The van der Waals surface area contributed by atoms with Crippen LogP contribution >= 0.6 is 11.3 Å². The van der Waals surface area contributed by atoms with Gasteiger partial charge >= 0.3 is 0 Å².